The second kappa shape index (κ2) is 7.72. The Balaban J connectivity index is 1.64. The Kier molecular flexibility index (Phi) is 5.22. The van der Waals surface area contributed by atoms with E-state index in [2.05, 4.69) is 71.0 Å². The molecule has 2 aliphatic heterocycles. The summed E-state index contributed by atoms with van der Waals surface area (Å²) in [4.78, 5) is 1.17. The van der Waals surface area contributed by atoms with Crippen molar-refractivity contribution < 1.29 is 9.47 Å². The minimum absolute atomic E-state index is 0.0980. The summed E-state index contributed by atoms with van der Waals surface area (Å²) < 4.78 is 15.2. The van der Waals surface area contributed by atoms with Crippen molar-refractivity contribution in [3.8, 4) is 11.5 Å². The van der Waals surface area contributed by atoms with Gasteiger partial charge in [0.1, 0.15) is 11.5 Å². The largest absolute Gasteiger partial charge is 0.496 e. The maximum atomic E-state index is 6.47. The van der Waals surface area contributed by atoms with Crippen LogP contribution in [0.3, 0.4) is 0 Å². The molecule has 2 unspecified atom stereocenters. The molecule has 0 N–H and O–H groups in total. The monoisotopic (exact) mass is 596 g/mol. The number of halogens is 3. The van der Waals surface area contributed by atoms with Crippen molar-refractivity contribution in [2.75, 3.05) is 7.11 Å². The number of nitrogens with zero attached hydrogens (tertiary/aromatic N) is 2. The molecule has 5 rings (SSSR count). The molecule has 0 saturated carbocycles. The second-order valence-electron chi connectivity index (χ2n) is 6.79. The molecule has 0 spiro atoms. The molecule has 0 bridgehead atoms. The zero-order valence-electron chi connectivity index (χ0n) is 15.2. The van der Waals surface area contributed by atoms with E-state index in [1.165, 1.54) is 4.88 Å². The van der Waals surface area contributed by atoms with E-state index in [0.29, 0.717) is 0 Å². The lowest BCUT2D eigenvalue weighted by Gasteiger charge is -2.38. The van der Waals surface area contributed by atoms with Gasteiger partial charge in [0, 0.05) is 20.9 Å². The molecule has 0 saturated heterocycles. The summed E-state index contributed by atoms with van der Waals surface area (Å²) in [5, 5.41) is 7.08. The fourth-order valence-electron chi connectivity index (χ4n) is 3.78. The van der Waals surface area contributed by atoms with Crippen LogP contribution in [-0.2, 0) is 0 Å². The zero-order chi connectivity index (χ0) is 20.1. The van der Waals surface area contributed by atoms with Gasteiger partial charge in [-0.15, -0.1) is 11.3 Å². The third kappa shape index (κ3) is 3.54. The molecule has 148 valence electrons. The first-order valence-corrected chi connectivity index (χ1v) is 12.1. The van der Waals surface area contributed by atoms with Gasteiger partial charge in [-0.2, -0.15) is 5.10 Å². The van der Waals surface area contributed by atoms with Crippen LogP contribution in [0.2, 0.25) is 0 Å². The van der Waals surface area contributed by atoms with Crippen molar-refractivity contribution >= 4 is 64.8 Å². The van der Waals surface area contributed by atoms with Crippen LogP contribution in [0.15, 0.2) is 66.4 Å². The van der Waals surface area contributed by atoms with E-state index in [1.807, 2.05) is 30.3 Å². The van der Waals surface area contributed by atoms with E-state index in [-0.39, 0.29) is 12.3 Å². The van der Waals surface area contributed by atoms with Crippen LogP contribution < -0.4 is 9.47 Å². The van der Waals surface area contributed by atoms with Crippen LogP contribution in [-0.4, -0.2) is 17.8 Å². The first-order valence-electron chi connectivity index (χ1n) is 8.94. The number of hydrazone groups is 1. The van der Waals surface area contributed by atoms with Crippen molar-refractivity contribution in [2.45, 2.75) is 18.7 Å². The minimum atomic E-state index is -0.373. The summed E-state index contributed by atoms with van der Waals surface area (Å²) in [6.45, 7) is 0. The van der Waals surface area contributed by atoms with Crippen molar-refractivity contribution in [1.29, 1.82) is 0 Å². The molecule has 29 heavy (non-hydrogen) atoms. The molecule has 8 heteroatoms. The lowest BCUT2D eigenvalue weighted by atomic mass is 9.97. The molecule has 3 aromatic rings. The molecule has 0 radical (unpaired) electrons. The van der Waals surface area contributed by atoms with Crippen LogP contribution in [0, 0.1) is 0 Å². The predicted octanol–water partition coefficient (Wildman–Crippen LogP) is 7.29. The molecule has 3 heterocycles. The predicted molar refractivity (Wildman–Crippen MR) is 126 cm³/mol. The van der Waals surface area contributed by atoms with E-state index >= 15 is 0 Å². The lowest BCUT2D eigenvalue weighted by molar-refractivity contribution is -0.0204. The third-order valence-corrected chi connectivity index (χ3v) is 7.73. The number of benzene rings is 2. The topological polar surface area (TPSA) is 34.1 Å². The average Bonchev–Trinajstić information content (AvgIpc) is 3.34. The maximum absolute atomic E-state index is 6.47. The molecule has 4 nitrogen and oxygen atoms in total. The first-order chi connectivity index (χ1) is 14.0. The number of methoxy groups -OCH3 is 1. The van der Waals surface area contributed by atoms with Gasteiger partial charge < -0.3 is 9.47 Å². The van der Waals surface area contributed by atoms with Gasteiger partial charge >= 0.3 is 0 Å². The highest BCUT2D eigenvalue weighted by atomic mass is 79.9. The molecule has 2 atom stereocenters. The van der Waals surface area contributed by atoms with Gasteiger partial charge in [0.15, 0.2) is 0 Å². The van der Waals surface area contributed by atoms with E-state index in [4.69, 9.17) is 14.6 Å². The molecule has 0 fully saturated rings. The first kappa shape index (κ1) is 19.6. The Labute approximate surface area is 197 Å². The Morgan fingerprint density at radius 3 is 2.52 bits per heavy atom. The third-order valence-electron chi connectivity index (χ3n) is 5.07. The van der Waals surface area contributed by atoms with E-state index < -0.39 is 0 Å². The SMILES string of the molecule is COc1ccc(Br)cc1C1Oc2ccc(Br)cc2C2CC(c3ccc(Br)s3)=NN21. The van der Waals surface area contributed by atoms with Gasteiger partial charge in [-0.3, -0.25) is 0 Å². The highest BCUT2D eigenvalue weighted by Gasteiger charge is 2.42. The Hall–Kier alpha value is -1.35. The summed E-state index contributed by atoms with van der Waals surface area (Å²) in [6.07, 6.45) is 0.453. The standard InChI is InChI=1S/C21H15Br3N2O2S/c1-27-17-4-2-12(23)9-14(17)21-26-16(13-8-11(22)3-5-18(13)28-21)10-15(25-26)19-6-7-20(24)29-19/h2-9,16,21H,10H2,1H3. The summed E-state index contributed by atoms with van der Waals surface area (Å²) >= 11 is 12.4. The van der Waals surface area contributed by atoms with Gasteiger partial charge in [0.2, 0.25) is 6.23 Å². The quantitative estimate of drug-likeness (QED) is 0.318. The minimum Gasteiger partial charge on any atom is -0.496 e. The molecular weight excluding hydrogens is 584 g/mol. The number of hydrogen-bond acceptors (Lipinski definition) is 5. The second-order valence-corrected chi connectivity index (χ2v) is 11.1. The van der Waals surface area contributed by atoms with Crippen LogP contribution >= 0.6 is 59.1 Å². The lowest BCUT2D eigenvalue weighted by Crippen LogP contribution is -2.34. The van der Waals surface area contributed by atoms with E-state index in [0.717, 1.165) is 47.5 Å². The fraction of sp³-hybridized carbons (Fsp3) is 0.190. The number of rotatable bonds is 3. The van der Waals surface area contributed by atoms with Crippen molar-refractivity contribution in [3.63, 3.8) is 0 Å². The molecule has 0 aliphatic carbocycles. The van der Waals surface area contributed by atoms with Gasteiger partial charge in [-0.25, -0.2) is 5.01 Å². The highest BCUT2D eigenvalue weighted by Crippen LogP contribution is 2.50. The number of ether oxygens (including phenoxy) is 2. The number of fused-ring (bicyclic) bond motifs is 3. The molecule has 0 amide bonds. The number of thiophene rings is 1. The summed E-state index contributed by atoms with van der Waals surface area (Å²) in [7, 11) is 1.68. The van der Waals surface area contributed by atoms with Crippen molar-refractivity contribution in [1.82, 2.24) is 5.01 Å². The Morgan fingerprint density at radius 2 is 1.79 bits per heavy atom. The van der Waals surface area contributed by atoms with Gasteiger partial charge in [-0.1, -0.05) is 31.9 Å². The van der Waals surface area contributed by atoms with Crippen LogP contribution in [0.5, 0.6) is 11.5 Å². The van der Waals surface area contributed by atoms with E-state index in [1.54, 1.807) is 18.4 Å². The average molecular weight is 599 g/mol. The smallest absolute Gasteiger partial charge is 0.217 e. The molecule has 2 aromatic carbocycles. The fourth-order valence-corrected chi connectivity index (χ4v) is 5.92. The Morgan fingerprint density at radius 1 is 1.03 bits per heavy atom. The van der Waals surface area contributed by atoms with Gasteiger partial charge in [0.25, 0.3) is 0 Å². The zero-order valence-corrected chi connectivity index (χ0v) is 20.8. The van der Waals surface area contributed by atoms with Crippen LogP contribution in [0.25, 0.3) is 0 Å². The molecular formula is C21H15Br3N2O2S. The summed E-state index contributed by atoms with van der Waals surface area (Å²) in [5.41, 5.74) is 3.15. The number of hydrogen-bond donors (Lipinski definition) is 0. The maximum Gasteiger partial charge on any atom is 0.217 e. The summed E-state index contributed by atoms with van der Waals surface area (Å²) in [5.74, 6) is 1.66. The summed E-state index contributed by atoms with van der Waals surface area (Å²) in [6, 6.07) is 16.4. The van der Waals surface area contributed by atoms with Crippen molar-refractivity contribution in [3.05, 3.63) is 77.3 Å². The van der Waals surface area contributed by atoms with Crippen molar-refractivity contribution in [2.24, 2.45) is 5.10 Å². The molecule has 1 aromatic heterocycles. The van der Waals surface area contributed by atoms with E-state index in [9.17, 15) is 0 Å². The molecule has 2 aliphatic rings. The Bertz CT molecular complexity index is 1130. The van der Waals surface area contributed by atoms with Crippen LogP contribution in [0.1, 0.15) is 34.7 Å². The van der Waals surface area contributed by atoms with Crippen LogP contribution in [0.4, 0.5) is 0 Å². The van der Waals surface area contributed by atoms with Gasteiger partial charge in [0.05, 0.1) is 33.1 Å². The highest BCUT2D eigenvalue weighted by molar-refractivity contribution is 9.11. The van der Waals surface area contributed by atoms with Gasteiger partial charge in [-0.05, 0) is 64.5 Å². The normalized spacial score (nSPS) is 20.0.